The summed E-state index contributed by atoms with van der Waals surface area (Å²) in [7, 11) is 2.66. The topological polar surface area (TPSA) is 77.3 Å². The van der Waals surface area contributed by atoms with E-state index in [0.29, 0.717) is 0 Å². The van der Waals surface area contributed by atoms with Crippen molar-refractivity contribution in [2.24, 2.45) is 10.3 Å². The molecule has 0 rings (SSSR count). The molecule has 0 unspecified atom stereocenters. The fraction of sp³-hybridized carbons (Fsp3) is 0.556. The average molecular weight is 214 g/mol. The number of ketones is 2. The molecular weight excluding hydrogens is 200 g/mol. The molecule has 0 radical (unpaired) electrons. The molecule has 0 aromatic carbocycles. The average Bonchev–Trinajstić information content (AvgIpc) is 2.18. The number of carbonyl (C=O) groups excluding carboxylic acids is 2. The zero-order valence-electron chi connectivity index (χ0n) is 9.23. The van der Waals surface area contributed by atoms with Crippen molar-refractivity contribution in [2.75, 3.05) is 14.2 Å². The van der Waals surface area contributed by atoms with E-state index in [1.54, 1.807) is 0 Å². The minimum atomic E-state index is -0.396. The fourth-order valence-corrected chi connectivity index (χ4v) is 0.777. The molecule has 0 aliphatic carbocycles. The van der Waals surface area contributed by atoms with E-state index in [9.17, 15) is 9.59 Å². The lowest BCUT2D eigenvalue weighted by Gasteiger charge is -1.99. The van der Waals surface area contributed by atoms with Gasteiger partial charge in [-0.2, -0.15) is 0 Å². The molecule has 0 aliphatic rings. The van der Waals surface area contributed by atoms with Gasteiger partial charge in [-0.3, -0.25) is 9.59 Å². The molecule has 0 aliphatic heterocycles. The van der Waals surface area contributed by atoms with Crippen LogP contribution in [0.3, 0.4) is 0 Å². The van der Waals surface area contributed by atoms with Gasteiger partial charge < -0.3 is 9.68 Å². The van der Waals surface area contributed by atoms with Gasteiger partial charge in [-0.15, -0.1) is 0 Å². The molecular formula is C9H14N2O4. The van der Waals surface area contributed by atoms with Crippen molar-refractivity contribution in [1.29, 1.82) is 0 Å². The molecule has 0 fully saturated rings. The van der Waals surface area contributed by atoms with Crippen LogP contribution in [0.5, 0.6) is 0 Å². The van der Waals surface area contributed by atoms with Crippen molar-refractivity contribution < 1.29 is 19.3 Å². The highest BCUT2D eigenvalue weighted by Crippen LogP contribution is 1.94. The van der Waals surface area contributed by atoms with Gasteiger partial charge in [0.15, 0.2) is 11.6 Å². The summed E-state index contributed by atoms with van der Waals surface area (Å²) in [6.07, 6.45) is -0.280. The minimum Gasteiger partial charge on any atom is -0.399 e. The van der Waals surface area contributed by atoms with Gasteiger partial charge in [0.05, 0.1) is 6.42 Å². The van der Waals surface area contributed by atoms with Crippen LogP contribution in [0.4, 0.5) is 0 Å². The van der Waals surface area contributed by atoms with Gasteiger partial charge >= 0.3 is 0 Å². The summed E-state index contributed by atoms with van der Waals surface area (Å²) in [5, 5.41) is 6.85. The molecule has 6 nitrogen and oxygen atoms in total. The Labute approximate surface area is 87.9 Å². The van der Waals surface area contributed by atoms with E-state index < -0.39 is 11.6 Å². The predicted molar refractivity (Wildman–Crippen MR) is 54.9 cm³/mol. The Balaban J connectivity index is 4.37. The third-order valence-corrected chi connectivity index (χ3v) is 1.58. The van der Waals surface area contributed by atoms with Gasteiger partial charge in [-0.05, 0) is 13.8 Å². The van der Waals surface area contributed by atoms with Crippen LogP contribution >= 0.6 is 0 Å². The van der Waals surface area contributed by atoms with Gasteiger partial charge in [0, 0.05) is 0 Å². The summed E-state index contributed by atoms with van der Waals surface area (Å²) >= 11 is 0. The molecule has 6 heteroatoms. The lowest BCUT2D eigenvalue weighted by molar-refractivity contribution is -0.120. The molecule has 0 aromatic rings. The first kappa shape index (κ1) is 13.3. The number of carbonyl (C=O) groups is 2. The number of rotatable bonds is 6. The summed E-state index contributed by atoms with van der Waals surface area (Å²) in [4.78, 5) is 31.5. The third kappa shape index (κ3) is 4.90. The molecule has 0 amide bonds. The van der Waals surface area contributed by atoms with Crippen LogP contribution in [0.1, 0.15) is 20.3 Å². The largest absolute Gasteiger partial charge is 0.399 e. The SMILES string of the molecule is CON=C(C)C(=O)CC(=O)C(C)=NOC. The van der Waals surface area contributed by atoms with E-state index in [4.69, 9.17) is 0 Å². The van der Waals surface area contributed by atoms with E-state index >= 15 is 0 Å². The van der Waals surface area contributed by atoms with Crippen LogP contribution in [0.15, 0.2) is 10.3 Å². The predicted octanol–water partition coefficient (Wildman–Crippen LogP) is 0.559. The smallest absolute Gasteiger partial charge is 0.187 e. The Morgan fingerprint density at radius 1 is 0.933 bits per heavy atom. The second kappa shape index (κ2) is 6.69. The molecule has 0 atom stereocenters. The highest BCUT2D eigenvalue weighted by Gasteiger charge is 2.15. The summed E-state index contributed by atoms with van der Waals surface area (Å²) in [5.41, 5.74) is 0.298. The maximum absolute atomic E-state index is 11.3. The van der Waals surface area contributed by atoms with E-state index in [1.165, 1.54) is 28.1 Å². The van der Waals surface area contributed by atoms with E-state index in [0.717, 1.165) is 0 Å². The van der Waals surface area contributed by atoms with Crippen molar-refractivity contribution in [3.8, 4) is 0 Å². The standard InChI is InChI=1S/C9H14N2O4/c1-6(10-14-3)8(12)5-9(13)7(2)11-15-4/h5H2,1-4H3. The first-order chi connectivity index (χ1) is 7.02. The molecule has 0 heterocycles. The molecule has 15 heavy (non-hydrogen) atoms. The van der Waals surface area contributed by atoms with Gasteiger partial charge in [-0.25, -0.2) is 0 Å². The maximum Gasteiger partial charge on any atom is 0.187 e. The van der Waals surface area contributed by atoms with Crippen LogP contribution in [0, 0.1) is 0 Å². The molecule has 0 N–H and O–H groups in total. The maximum atomic E-state index is 11.3. The normalized spacial score (nSPS) is 12.3. The number of oxime groups is 2. The highest BCUT2D eigenvalue weighted by atomic mass is 16.6. The van der Waals surface area contributed by atoms with Crippen molar-refractivity contribution in [2.45, 2.75) is 20.3 Å². The molecule has 0 saturated heterocycles. The van der Waals surface area contributed by atoms with Crippen LogP contribution in [0.25, 0.3) is 0 Å². The Morgan fingerprint density at radius 3 is 1.53 bits per heavy atom. The Hall–Kier alpha value is -1.72. The first-order valence-electron chi connectivity index (χ1n) is 4.24. The molecule has 0 spiro atoms. The molecule has 84 valence electrons. The Kier molecular flexibility index (Phi) is 5.92. The van der Waals surface area contributed by atoms with Crippen molar-refractivity contribution >= 4 is 23.0 Å². The monoisotopic (exact) mass is 214 g/mol. The highest BCUT2D eigenvalue weighted by molar-refractivity contribution is 6.50. The van der Waals surface area contributed by atoms with Crippen molar-refractivity contribution in [3.05, 3.63) is 0 Å². The van der Waals surface area contributed by atoms with E-state index in [1.807, 2.05) is 0 Å². The van der Waals surface area contributed by atoms with E-state index in [2.05, 4.69) is 20.0 Å². The van der Waals surface area contributed by atoms with Crippen LogP contribution < -0.4 is 0 Å². The molecule has 0 aromatic heterocycles. The number of Topliss-reactive ketones (excluding diaryl/α,β-unsaturated/α-hetero) is 2. The molecule has 0 bridgehead atoms. The Bertz CT molecular complexity index is 277. The van der Waals surface area contributed by atoms with Crippen molar-refractivity contribution in [1.82, 2.24) is 0 Å². The minimum absolute atomic E-state index is 0.149. The zero-order valence-corrected chi connectivity index (χ0v) is 9.23. The zero-order chi connectivity index (χ0) is 11.8. The summed E-state index contributed by atoms with van der Waals surface area (Å²) < 4.78 is 0. The fourth-order valence-electron chi connectivity index (χ4n) is 0.777. The third-order valence-electron chi connectivity index (χ3n) is 1.58. The summed E-state index contributed by atoms with van der Waals surface area (Å²) in [6, 6.07) is 0. The quantitative estimate of drug-likeness (QED) is 0.367. The van der Waals surface area contributed by atoms with Crippen LogP contribution in [-0.4, -0.2) is 37.2 Å². The van der Waals surface area contributed by atoms with Crippen molar-refractivity contribution in [3.63, 3.8) is 0 Å². The van der Waals surface area contributed by atoms with Gasteiger partial charge in [0.1, 0.15) is 25.6 Å². The number of nitrogens with zero attached hydrogens (tertiary/aromatic N) is 2. The summed E-state index contributed by atoms with van der Waals surface area (Å²) in [5.74, 6) is -0.792. The number of hydrogen-bond donors (Lipinski definition) is 0. The van der Waals surface area contributed by atoms with Gasteiger partial charge in [0.25, 0.3) is 0 Å². The lowest BCUT2D eigenvalue weighted by Crippen LogP contribution is -2.20. The van der Waals surface area contributed by atoms with Gasteiger partial charge in [-0.1, -0.05) is 10.3 Å². The first-order valence-corrected chi connectivity index (χ1v) is 4.24. The van der Waals surface area contributed by atoms with Crippen LogP contribution in [-0.2, 0) is 19.3 Å². The Morgan fingerprint density at radius 2 is 1.27 bits per heavy atom. The van der Waals surface area contributed by atoms with Gasteiger partial charge in [0.2, 0.25) is 0 Å². The van der Waals surface area contributed by atoms with E-state index in [-0.39, 0.29) is 17.8 Å². The lowest BCUT2D eigenvalue weighted by atomic mass is 10.1. The second-order valence-corrected chi connectivity index (χ2v) is 2.74. The molecule has 0 saturated carbocycles. The van der Waals surface area contributed by atoms with Crippen LogP contribution in [0.2, 0.25) is 0 Å². The number of hydrogen-bond acceptors (Lipinski definition) is 6. The summed E-state index contributed by atoms with van der Waals surface area (Å²) in [6.45, 7) is 2.95. The second-order valence-electron chi connectivity index (χ2n) is 2.74.